The van der Waals surface area contributed by atoms with Gasteiger partial charge >= 0.3 is 0 Å². The fraction of sp³-hybridized carbons (Fsp3) is 0.0588. The van der Waals surface area contributed by atoms with Crippen molar-refractivity contribution in [2.24, 2.45) is 0 Å². The standard InChI is InChI=1S/C17H12N2O5/c20-15(10-5-2-1-3-6-10)13-14(18-17(22)16(13)21)11-7-4-8-12(9-11)19(23)24/h1-9,14,20H,(H,18,22)/t14-/m1/s1. The van der Waals surface area contributed by atoms with Crippen molar-refractivity contribution in [3.63, 3.8) is 0 Å². The molecule has 2 aromatic rings. The third-order valence-corrected chi connectivity index (χ3v) is 3.73. The van der Waals surface area contributed by atoms with Gasteiger partial charge in [0.1, 0.15) is 5.76 Å². The van der Waals surface area contributed by atoms with Crippen LogP contribution in [0.5, 0.6) is 0 Å². The van der Waals surface area contributed by atoms with Gasteiger partial charge in [0.2, 0.25) is 0 Å². The number of benzene rings is 2. The van der Waals surface area contributed by atoms with Crippen LogP contribution in [0.25, 0.3) is 5.76 Å². The van der Waals surface area contributed by atoms with Crippen LogP contribution in [-0.2, 0) is 9.59 Å². The molecule has 1 heterocycles. The highest BCUT2D eigenvalue weighted by Crippen LogP contribution is 2.33. The first-order valence-corrected chi connectivity index (χ1v) is 7.07. The number of nitro groups is 1. The first-order chi connectivity index (χ1) is 11.5. The van der Waals surface area contributed by atoms with Gasteiger partial charge in [0.25, 0.3) is 17.4 Å². The number of ketones is 1. The molecule has 3 rings (SSSR count). The SMILES string of the molecule is O=C1N[C@H](c2cccc([N+](=O)[O-])c2)C(=C(O)c2ccccc2)C1=O. The second-order valence-electron chi connectivity index (χ2n) is 5.22. The first kappa shape index (κ1) is 15.4. The topological polar surface area (TPSA) is 110 Å². The van der Waals surface area contributed by atoms with Gasteiger partial charge in [0.15, 0.2) is 0 Å². The molecule has 0 spiro atoms. The summed E-state index contributed by atoms with van der Waals surface area (Å²) in [7, 11) is 0. The zero-order chi connectivity index (χ0) is 17.3. The predicted octanol–water partition coefficient (Wildman–Crippen LogP) is 2.30. The van der Waals surface area contributed by atoms with Crippen LogP contribution in [-0.4, -0.2) is 21.7 Å². The van der Waals surface area contributed by atoms with Crippen molar-refractivity contribution < 1.29 is 19.6 Å². The van der Waals surface area contributed by atoms with Crippen LogP contribution in [0.3, 0.4) is 0 Å². The van der Waals surface area contributed by atoms with Crippen LogP contribution in [0.2, 0.25) is 0 Å². The molecule has 0 saturated carbocycles. The minimum atomic E-state index is -0.940. The highest BCUT2D eigenvalue weighted by atomic mass is 16.6. The maximum absolute atomic E-state index is 12.2. The van der Waals surface area contributed by atoms with Gasteiger partial charge in [-0.05, 0) is 5.56 Å². The van der Waals surface area contributed by atoms with Crippen LogP contribution in [0, 0.1) is 10.1 Å². The molecule has 1 amide bonds. The van der Waals surface area contributed by atoms with Crippen molar-refractivity contribution >= 4 is 23.1 Å². The van der Waals surface area contributed by atoms with Crippen LogP contribution in [0.1, 0.15) is 17.2 Å². The van der Waals surface area contributed by atoms with E-state index in [1.807, 2.05) is 0 Å². The average Bonchev–Trinajstić information content (AvgIpc) is 2.90. The van der Waals surface area contributed by atoms with Gasteiger partial charge in [-0.3, -0.25) is 19.7 Å². The number of carbonyl (C=O) groups excluding carboxylic acids is 2. The zero-order valence-electron chi connectivity index (χ0n) is 12.3. The number of aliphatic hydroxyl groups is 1. The minimum Gasteiger partial charge on any atom is -0.507 e. The molecular weight excluding hydrogens is 312 g/mol. The largest absolute Gasteiger partial charge is 0.507 e. The Morgan fingerprint density at radius 3 is 2.46 bits per heavy atom. The molecule has 1 aliphatic rings. The van der Waals surface area contributed by atoms with Crippen molar-refractivity contribution in [1.82, 2.24) is 5.32 Å². The summed E-state index contributed by atoms with van der Waals surface area (Å²) in [4.78, 5) is 34.3. The summed E-state index contributed by atoms with van der Waals surface area (Å²) < 4.78 is 0. The number of nitro benzene ring substituents is 1. The number of carbonyl (C=O) groups is 2. The number of aliphatic hydroxyl groups excluding tert-OH is 1. The van der Waals surface area contributed by atoms with Crippen LogP contribution >= 0.6 is 0 Å². The Bertz CT molecular complexity index is 874. The zero-order valence-corrected chi connectivity index (χ0v) is 12.3. The molecule has 24 heavy (non-hydrogen) atoms. The molecule has 2 aromatic carbocycles. The second-order valence-corrected chi connectivity index (χ2v) is 5.22. The summed E-state index contributed by atoms with van der Waals surface area (Å²) >= 11 is 0. The van der Waals surface area contributed by atoms with Crippen molar-refractivity contribution in [2.75, 3.05) is 0 Å². The molecule has 1 aliphatic heterocycles. The van der Waals surface area contributed by atoms with E-state index in [9.17, 15) is 24.8 Å². The number of hydrogen-bond donors (Lipinski definition) is 2. The second kappa shape index (κ2) is 5.96. The fourth-order valence-corrected chi connectivity index (χ4v) is 2.59. The summed E-state index contributed by atoms with van der Waals surface area (Å²) in [6.07, 6.45) is 0. The van der Waals surface area contributed by atoms with E-state index in [1.165, 1.54) is 18.2 Å². The predicted molar refractivity (Wildman–Crippen MR) is 85.0 cm³/mol. The van der Waals surface area contributed by atoms with E-state index in [4.69, 9.17) is 0 Å². The van der Waals surface area contributed by atoms with Crippen LogP contribution in [0.4, 0.5) is 5.69 Å². The van der Waals surface area contributed by atoms with Crippen molar-refractivity contribution in [2.45, 2.75) is 6.04 Å². The Morgan fingerprint density at radius 2 is 1.79 bits per heavy atom. The lowest BCUT2D eigenvalue weighted by Gasteiger charge is -2.13. The molecular formula is C17H12N2O5. The Kier molecular flexibility index (Phi) is 3.83. The fourth-order valence-electron chi connectivity index (χ4n) is 2.59. The molecule has 0 unspecified atom stereocenters. The molecule has 1 saturated heterocycles. The summed E-state index contributed by atoms with van der Waals surface area (Å²) in [5, 5.41) is 23.8. The number of hydrogen-bond acceptors (Lipinski definition) is 5. The Morgan fingerprint density at radius 1 is 1.08 bits per heavy atom. The molecule has 0 aromatic heterocycles. The number of nitrogens with zero attached hydrogens (tertiary/aromatic N) is 1. The smallest absolute Gasteiger partial charge is 0.293 e. The number of non-ortho nitro benzene ring substituents is 1. The van der Waals surface area contributed by atoms with E-state index in [0.717, 1.165) is 0 Å². The van der Waals surface area contributed by atoms with E-state index >= 15 is 0 Å². The summed E-state index contributed by atoms with van der Waals surface area (Å²) in [5.41, 5.74) is 0.444. The lowest BCUT2D eigenvalue weighted by Crippen LogP contribution is -2.21. The molecule has 0 bridgehead atoms. The molecule has 7 heteroatoms. The van der Waals surface area contributed by atoms with E-state index in [1.54, 1.807) is 36.4 Å². The normalized spacial score (nSPS) is 19.1. The number of Topliss-reactive ketones (excluding diaryl/α,β-unsaturated/α-hetero) is 1. The maximum Gasteiger partial charge on any atom is 0.293 e. The Labute approximate surface area is 136 Å². The molecule has 1 atom stereocenters. The highest BCUT2D eigenvalue weighted by molar-refractivity contribution is 6.46. The minimum absolute atomic E-state index is 0.119. The molecule has 0 radical (unpaired) electrons. The van der Waals surface area contributed by atoms with Crippen molar-refractivity contribution in [3.8, 4) is 0 Å². The summed E-state index contributed by atoms with van der Waals surface area (Å²) in [6.45, 7) is 0. The van der Waals surface area contributed by atoms with Gasteiger partial charge in [-0.25, -0.2) is 0 Å². The lowest BCUT2D eigenvalue weighted by molar-refractivity contribution is -0.384. The van der Waals surface area contributed by atoms with Gasteiger partial charge in [-0.15, -0.1) is 0 Å². The summed E-state index contributed by atoms with van der Waals surface area (Å²) in [5.74, 6) is -2.03. The van der Waals surface area contributed by atoms with Gasteiger partial charge in [-0.2, -0.15) is 0 Å². The van der Waals surface area contributed by atoms with E-state index < -0.39 is 22.7 Å². The first-order valence-electron chi connectivity index (χ1n) is 7.07. The van der Waals surface area contributed by atoms with Gasteiger partial charge in [-0.1, -0.05) is 42.5 Å². The van der Waals surface area contributed by atoms with Gasteiger partial charge < -0.3 is 10.4 Å². The Balaban J connectivity index is 2.13. The van der Waals surface area contributed by atoms with E-state index in [2.05, 4.69) is 5.32 Å². The molecule has 7 nitrogen and oxygen atoms in total. The Hall–Kier alpha value is -3.48. The maximum atomic E-state index is 12.2. The average molecular weight is 324 g/mol. The van der Waals surface area contributed by atoms with Crippen molar-refractivity contribution in [3.05, 3.63) is 81.4 Å². The van der Waals surface area contributed by atoms with Crippen LogP contribution < -0.4 is 5.32 Å². The van der Waals surface area contributed by atoms with Crippen molar-refractivity contribution in [1.29, 1.82) is 0 Å². The number of amides is 1. The third-order valence-electron chi connectivity index (χ3n) is 3.73. The molecule has 120 valence electrons. The summed E-state index contributed by atoms with van der Waals surface area (Å²) in [6, 6.07) is 13.0. The van der Waals surface area contributed by atoms with Gasteiger partial charge in [0.05, 0.1) is 16.5 Å². The monoisotopic (exact) mass is 324 g/mol. The quantitative estimate of drug-likeness (QED) is 0.296. The molecule has 2 N–H and O–H groups in total. The molecule has 1 fully saturated rings. The lowest BCUT2D eigenvalue weighted by atomic mass is 9.95. The number of nitrogens with one attached hydrogen (secondary N) is 1. The van der Waals surface area contributed by atoms with E-state index in [0.29, 0.717) is 11.1 Å². The van der Waals surface area contributed by atoms with E-state index in [-0.39, 0.29) is 17.0 Å². The molecule has 0 aliphatic carbocycles. The van der Waals surface area contributed by atoms with Gasteiger partial charge in [0, 0.05) is 17.7 Å². The van der Waals surface area contributed by atoms with Crippen LogP contribution in [0.15, 0.2) is 60.2 Å². The number of rotatable bonds is 3. The highest BCUT2D eigenvalue weighted by Gasteiger charge is 2.39. The third kappa shape index (κ3) is 2.63.